The lowest BCUT2D eigenvalue weighted by atomic mass is 9.77. The maximum Gasteiger partial charge on any atom is 0.270 e. The molecule has 3 heterocycles. The van der Waals surface area contributed by atoms with E-state index in [9.17, 15) is 14.4 Å². The number of nitrogens with zero attached hydrogens (tertiary/aromatic N) is 3. The Morgan fingerprint density at radius 1 is 1.16 bits per heavy atom. The summed E-state index contributed by atoms with van der Waals surface area (Å²) in [5.74, 6) is 0.655. The second kappa shape index (κ2) is 6.42. The number of hydrogen-bond acceptors (Lipinski definition) is 4. The van der Waals surface area contributed by atoms with Gasteiger partial charge in [-0.05, 0) is 38.0 Å². The minimum absolute atomic E-state index is 0.124. The third-order valence-electron chi connectivity index (χ3n) is 6.32. The van der Waals surface area contributed by atoms with Crippen LogP contribution in [-0.2, 0) is 14.4 Å². The molecule has 0 aromatic rings. The molecule has 0 radical (unpaired) electrons. The highest BCUT2D eigenvalue weighted by atomic mass is 16.2. The van der Waals surface area contributed by atoms with E-state index in [0.29, 0.717) is 37.6 Å². The molecule has 1 spiro atoms. The predicted molar refractivity (Wildman–Crippen MR) is 91.6 cm³/mol. The van der Waals surface area contributed by atoms with E-state index in [1.807, 2.05) is 0 Å². The van der Waals surface area contributed by atoms with Crippen LogP contribution in [0, 0.1) is 11.3 Å². The monoisotopic (exact) mass is 346 g/mol. The molecule has 4 rings (SSSR count). The highest BCUT2D eigenvalue weighted by Gasteiger charge is 2.50. The van der Waals surface area contributed by atoms with Gasteiger partial charge in [-0.1, -0.05) is 6.42 Å². The van der Waals surface area contributed by atoms with Crippen molar-refractivity contribution in [3.8, 4) is 0 Å². The largest absolute Gasteiger partial charge is 0.342 e. The number of amides is 3. The molecule has 1 atom stereocenters. The summed E-state index contributed by atoms with van der Waals surface area (Å²) >= 11 is 0. The minimum Gasteiger partial charge on any atom is -0.342 e. The third kappa shape index (κ3) is 3.04. The van der Waals surface area contributed by atoms with Crippen molar-refractivity contribution in [1.29, 1.82) is 0 Å². The first-order chi connectivity index (χ1) is 12.1. The molecule has 0 aromatic carbocycles. The third-order valence-corrected chi connectivity index (χ3v) is 6.32. The number of piperidine rings is 1. The first-order valence-corrected chi connectivity index (χ1v) is 9.51. The summed E-state index contributed by atoms with van der Waals surface area (Å²) in [6.45, 7) is 2.87. The van der Waals surface area contributed by atoms with Crippen molar-refractivity contribution in [2.45, 2.75) is 51.4 Å². The number of nitrogens with one attached hydrogen (secondary N) is 1. The SMILES string of the molecule is O=C1CCC(C(=O)N2CC[C@@]3(CCCN(CC4CCC4)C3=O)C2)=NN1. The molecule has 0 bridgehead atoms. The fourth-order valence-corrected chi connectivity index (χ4v) is 4.55. The van der Waals surface area contributed by atoms with E-state index in [0.717, 1.165) is 32.4 Å². The predicted octanol–water partition coefficient (Wildman–Crippen LogP) is 0.894. The van der Waals surface area contributed by atoms with Gasteiger partial charge in [-0.25, -0.2) is 5.43 Å². The summed E-state index contributed by atoms with van der Waals surface area (Å²) in [4.78, 5) is 40.8. The van der Waals surface area contributed by atoms with Crippen molar-refractivity contribution in [2.24, 2.45) is 16.4 Å². The molecule has 0 unspecified atom stereocenters. The Morgan fingerprint density at radius 3 is 2.68 bits per heavy atom. The molecular formula is C18H26N4O3. The molecule has 3 aliphatic heterocycles. The lowest BCUT2D eigenvalue weighted by Crippen LogP contribution is -2.52. The molecule has 136 valence electrons. The Balaban J connectivity index is 1.42. The van der Waals surface area contributed by atoms with Gasteiger partial charge in [0.15, 0.2) is 0 Å². The quantitative estimate of drug-likeness (QED) is 0.824. The van der Waals surface area contributed by atoms with Crippen LogP contribution in [0.3, 0.4) is 0 Å². The van der Waals surface area contributed by atoms with Crippen LogP contribution in [0.1, 0.15) is 51.4 Å². The van der Waals surface area contributed by atoms with Gasteiger partial charge in [0.1, 0.15) is 5.71 Å². The molecule has 0 aromatic heterocycles. The fraction of sp³-hybridized carbons (Fsp3) is 0.778. The van der Waals surface area contributed by atoms with Gasteiger partial charge in [0.25, 0.3) is 5.91 Å². The van der Waals surface area contributed by atoms with E-state index < -0.39 is 5.41 Å². The Morgan fingerprint density at radius 2 is 2.00 bits per heavy atom. The van der Waals surface area contributed by atoms with Crippen LogP contribution in [0.25, 0.3) is 0 Å². The fourth-order valence-electron chi connectivity index (χ4n) is 4.55. The highest BCUT2D eigenvalue weighted by Crippen LogP contribution is 2.41. The zero-order valence-corrected chi connectivity index (χ0v) is 14.6. The van der Waals surface area contributed by atoms with E-state index in [4.69, 9.17) is 0 Å². The van der Waals surface area contributed by atoms with Gasteiger partial charge < -0.3 is 9.80 Å². The first-order valence-electron chi connectivity index (χ1n) is 9.51. The van der Waals surface area contributed by atoms with Crippen molar-refractivity contribution in [3.05, 3.63) is 0 Å². The molecular weight excluding hydrogens is 320 g/mol. The molecule has 1 N–H and O–H groups in total. The number of rotatable bonds is 3. The Labute approximate surface area is 147 Å². The van der Waals surface area contributed by atoms with Crippen LogP contribution >= 0.6 is 0 Å². The lowest BCUT2D eigenvalue weighted by molar-refractivity contribution is -0.147. The maximum absolute atomic E-state index is 13.1. The Hall–Kier alpha value is -1.92. The van der Waals surface area contributed by atoms with Crippen molar-refractivity contribution >= 4 is 23.4 Å². The molecule has 4 aliphatic rings. The first kappa shape index (κ1) is 16.5. The molecule has 7 heteroatoms. The highest BCUT2D eigenvalue weighted by molar-refractivity contribution is 6.39. The molecule has 1 saturated carbocycles. The molecule has 3 amide bonds. The lowest BCUT2D eigenvalue weighted by Gasteiger charge is -2.42. The summed E-state index contributed by atoms with van der Waals surface area (Å²) in [5.41, 5.74) is 2.40. The van der Waals surface area contributed by atoms with Gasteiger partial charge in [-0.3, -0.25) is 14.4 Å². The van der Waals surface area contributed by atoms with Gasteiger partial charge in [0.2, 0.25) is 11.8 Å². The zero-order chi connectivity index (χ0) is 17.4. The molecule has 7 nitrogen and oxygen atoms in total. The van der Waals surface area contributed by atoms with Crippen molar-refractivity contribution < 1.29 is 14.4 Å². The summed E-state index contributed by atoms with van der Waals surface area (Å²) in [6.07, 6.45) is 7.11. The molecule has 1 aliphatic carbocycles. The smallest absolute Gasteiger partial charge is 0.270 e. The minimum atomic E-state index is -0.393. The number of carbonyl (C=O) groups is 3. The standard InChI is InChI=1S/C18H26N4O3/c23-15-6-5-14(19-20-15)16(24)22-10-8-18(12-22)7-2-9-21(17(18)25)11-13-3-1-4-13/h13H,1-12H2,(H,20,23)/t18-/m0/s1. The van der Waals surface area contributed by atoms with E-state index >= 15 is 0 Å². The van der Waals surface area contributed by atoms with Gasteiger partial charge >= 0.3 is 0 Å². The van der Waals surface area contributed by atoms with Crippen molar-refractivity contribution in [1.82, 2.24) is 15.2 Å². The normalized spacial score (nSPS) is 30.3. The summed E-state index contributed by atoms with van der Waals surface area (Å²) in [6, 6.07) is 0. The average Bonchev–Trinajstić information content (AvgIpc) is 3.00. The van der Waals surface area contributed by atoms with E-state index in [-0.39, 0.29) is 17.7 Å². The number of hydrazone groups is 1. The molecule has 2 saturated heterocycles. The summed E-state index contributed by atoms with van der Waals surface area (Å²) in [5, 5.41) is 3.91. The number of carbonyl (C=O) groups excluding carboxylic acids is 3. The van der Waals surface area contributed by atoms with Gasteiger partial charge in [-0.2, -0.15) is 5.10 Å². The van der Waals surface area contributed by atoms with E-state index in [1.165, 1.54) is 19.3 Å². The number of likely N-dealkylation sites (tertiary alicyclic amines) is 2. The van der Waals surface area contributed by atoms with Crippen LogP contribution in [-0.4, -0.2) is 59.4 Å². The summed E-state index contributed by atoms with van der Waals surface area (Å²) in [7, 11) is 0. The summed E-state index contributed by atoms with van der Waals surface area (Å²) < 4.78 is 0. The van der Waals surface area contributed by atoms with Gasteiger partial charge in [0.05, 0.1) is 5.41 Å². The van der Waals surface area contributed by atoms with Crippen LogP contribution in [0.4, 0.5) is 0 Å². The van der Waals surface area contributed by atoms with Crippen molar-refractivity contribution in [3.63, 3.8) is 0 Å². The van der Waals surface area contributed by atoms with Crippen LogP contribution in [0.2, 0.25) is 0 Å². The molecule has 3 fully saturated rings. The maximum atomic E-state index is 13.1. The van der Waals surface area contributed by atoms with Crippen LogP contribution in [0.5, 0.6) is 0 Å². The zero-order valence-electron chi connectivity index (χ0n) is 14.6. The molecule has 25 heavy (non-hydrogen) atoms. The Kier molecular flexibility index (Phi) is 4.25. The Bertz CT molecular complexity index is 628. The second-order valence-electron chi connectivity index (χ2n) is 8.00. The van der Waals surface area contributed by atoms with E-state index in [2.05, 4.69) is 15.4 Å². The van der Waals surface area contributed by atoms with Gasteiger partial charge in [0, 0.05) is 39.0 Å². The number of hydrogen-bond donors (Lipinski definition) is 1. The topological polar surface area (TPSA) is 82.1 Å². The van der Waals surface area contributed by atoms with Crippen LogP contribution in [0.15, 0.2) is 5.10 Å². The van der Waals surface area contributed by atoms with Gasteiger partial charge in [-0.15, -0.1) is 0 Å². The van der Waals surface area contributed by atoms with E-state index in [1.54, 1.807) is 4.90 Å². The second-order valence-corrected chi connectivity index (χ2v) is 8.00. The van der Waals surface area contributed by atoms with Crippen LogP contribution < -0.4 is 5.43 Å². The average molecular weight is 346 g/mol. The van der Waals surface area contributed by atoms with Crippen molar-refractivity contribution in [2.75, 3.05) is 26.2 Å².